The Morgan fingerprint density at radius 3 is 2.94 bits per heavy atom. The molecule has 5 nitrogen and oxygen atoms in total. The summed E-state index contributed by atoms with van der Waals surface area (Å²) >= 11 is 0. The molecule has 0 spiro atoms. The van der Waals surface area contributed by atoms with E-state index in [0.29, 0.717) is 5.75 Å². The maximum Gasteiger partial charge on any atom is 0.354 e. The van der Waals surface area contributed by atoms with E-state index in [1.165, 1.54) is 0 Å². The quantitative estimate of drug-likeness (QED) is 0.476. The highest BCUT2D eigenvalue weighted by molar-refractivity contribution is 5.94. The van der Waals surface area contributed by atoms with Gasteiger partial charge in [-0.05, 0) is 19.1 Å². The van der Waals surface area contributed by atoms with E-state index in [2.05, 4.69) is 5.32 Å². The topological polar surface area (TPSA) is 71.4 Å². The van der Waals surface area contributed by atoms with Gasteiger partial charge in [0.05, 0.1) is 12.3 Å². The molecule has 1 heterocycles. The summed E-state index contributed by atoms with van der Waals surface area (Å²) in [5.41, 5.74) is 0.558. The number of esters is 1. The summed E-state index contributed by atoms with van der Waals surface area (Å²) in [5, 5.41) is 11.8. The number of rotatable bonds is 2. The van der Waals surface area contributed by atoms with Crippen LogP contribution in [0.1, 0.15) is 6.92 Å². The van der Waals surface area contributed by atoms with Crippen LogP contribution >= 0.6 is 0 Å². The number of carbonyl (C=O) groups excluding carboxylic acids is 1. The van der Waals surface area contributed by atoms with Crippen LogP contribution in [0.25, 0.3) is 0 Å². The zero-order valence-corrected chi connectivity index (χ0v) is 9.19. The van der Waals surface area contributed by atoms with Crippen LogP contribution < -0.4 is 10.1 Å². The van der Waals surface area contributed by atoms with Gasteiger partial charge in [0.15, 0.2) is 11.3 Å². The smallest absolute Gasteiger partial charge is 0.354 e. The van der Waals surface area contributed by atoms with Gasteiger partial charge in [-0.15, -0.1) is 0 Å². The first-order valence-corrected chi connectivity index (χ1v) is 5.11. The Balaban J connectivity index is 2.30. The molecule has 0 aromatic heterocycles. The number of carbonyl (C=O) groups is 1. The average Bonchev–Trinajstić information content (AvgIpc) is 2.73. The minimum atomic E-state index is -0.690. The van der Waals surface area contributed by atoms with Gasteiger partial charge in [0.25, 0.3) is 0 Å². The molecule has 86 valence electrons. The molecule has 0 atom stereocenters. The van der Waals surface area contributed by atoms with Gasteiger partial charge in [0.2, 0.25) is 5.88 Å². The third-order valence-corrected chi connectivity index (χ3v) is 2.17. The second-order valence-electron chi connectivity index (χ2n) is 3.26. The molecule has 0 saturated carbocycles. The third kappa shape index (κ3) is 2.06. The number of ether oxygens (including phenoxy) is 2. The van der Waals surface area contributed by atoms with Crippen molar-refractivity contribution >= 4 is 11.7 Å². The summed E-state index contributed by atoms with van der Waals surface area (Å²) in [6, 6.07) is 8.95. The van der Waals surface area contributed by atoms with Crippen molar-refractivity contribution in [2.75, 3.05) is 11.9 Å². The van der Waals surface area contributed by atoms with Crippen molar-refractivity contribution in [1.82, 2.24) is 0 Å². The predicted molar refractivity (Wildman–Crippen MR) is 60.0 cm³/mol. The fourth-order valence-electron chi connectivity index (χ4n) is 1.42. The molecule has 0 bridgehead atoms. The number of benzene rings is 1. The maximum absolute atomic E-state index is 11.5. The average molecular weight is 230 g/mol. The third-order valence-electron chi connectivity index (χ3n) is 2.17. The SMILES string of the molecule is CCOC(=O)C(C#N)=C1Nc2ccccc2O1. The van der Waals surface area contributed by atoms with Crippen molar-refractivity contribution in [2.45, 2.75) is 6.92 Å². The second-order valence-corrected chi connectivity index (χ2v) is 3.26. The Morgan fingerprint density at radius 1 is 1.53 bits per heavy atom. The standard InChI is InChI=1S/C12H10N2O3/c1-2-16-12(15)8(7-13)11-14-9-5-3-4-6-10(9)17-11/h3-6,14H,2H2,1H3. The lowest BCUT2D eigenvalue weighted by Crippen LogP contribution is -2.13. The molecular formula is C12H10N2O3. The van der Waals surface area contributed by atoms with Crippen LogP contribution in [0.15, 0.2) is 35.7 Å². The van der Waals surface area contributed by atoms with Crippen LogP contribution in [0.4, 0.5) is 5.69 Å². The van der Waals surface area contributed by atoms with Gasteiger partial charge >= 0.3 is 5.97 Å². The molecule has 0 radical (unpaired) electrons. The molecule has 1 aromatic rings. The zero-order chi connectivity index (χ0) is 12.3. The first-order chi connectivity index (χ1) is 8.26. The Hall–Kier alpha value is -2.48. The first-order valence-electron chi connectivity index (χ1n) is 5.11. The molecule has 2 rings (SSSR count). The van der Waals surface area contributed by atoms with Crippen LogP contribution in [-0.4, -0.2) is 12.6 Å². The number of hydrogen-bond acceptors (Lipinski definition) is 5. The van der Waals surface area contributed by atoms with Crippen molar-refractivity contribution < 1.29 is 14.3 Å². The number of fused-ring (bicyclic) bond motifs is 1. The molecule has 0 saturated heterocycles. The summed E-state index contributed by atoms with van der Waals surface area (Å²) in [6.45, 7) is 1.89. The summed E-state index contributed by atoms with van der Waals surface area (Å²) in [4.78, 5) is 11.5. The van der Waals surface area contributed by atoms with E-state index in [9.17, 15) is 4.79 Å². The van der Waals surface area contributed by atoms with Gasteiger partial charge in [0.1, 0.15) is 6.07 Å². The van der Waals surface area contributed by atoms with Crippen molar-refractivity contribution in [3.63, 3.8) is 0 Å². The molecule has 0 unspecified atom stereocenters. The van der Waals surface area contributed by atoms with E-state index in [-0.39, 0.29) is 18.1 Å². The number of nitrogens with zero attached hydrogens (tertiary/aromatic N) is 1. The van der Waals surface area contributed by atoms with Crippen molar-refractivity contribution in [1.29, 1.82) is 5.26 Å². The van der Waals surface area contributed by atoms with Crippen molar-refractivity contribution in [3.8, 4) is 11.8 Å². The van der Waals surface area contributed by atoms with E-state index >= 15 is 0 Å². The number of hydrogen-bond donors (Lipinski definition) is 1. The van der Waals surface area contributed by atoms with E-state index in [4.69, 9.17) is 14.7 Å². The van der Waals surface area contributed by atoms with E-state index in [1.807, 2.05) is 6.07 Å². The largest absolute Gasteiger partial charge is 0.462 e. The molecule has 5 heteroatoms. The molecule has 0 fully saturated rings. The fraction of sp³-hybridized carbons (Fsp3) is 0.167. The van der Waals surface area contributed by atoms with Crippen molar-refractivity contribution in [3.05, 3.63) is 35.7 Å². The van der Waals surface area contributed by atoms with E-state index < -0.39 is 5.97 Å². The first kappa shape index (κ1) is 11.0. The lowest BCUT2D eigenvalue weighted by atomic mass is 10.3. The van der Waals surface area contributed by atoms with Gasteiger partial charge in [-0.3, -0.25) is 0 Å². The van der Waals surface area contributed by atoms with Crippen LogP contribution in [0.2, 0.25) is 0 Å². The number of anilines is 1. The summed E-state index contributed by atoms with van der Waals surface area (Å²) in [5.74, 6) is 0.0111. The summed E-state index contributed by atoms with van der Waals surface area (Å²) in [6.07, 6.45) is 0. The maximum atomic E-state index is 11.5. The van der Waals surface area contributed by atoms with Crippen LogP contribution in [0.5, 0.6) is 5.75 Å². The van der Waals surface area contributed by atoms with Gasteiger partial charge < -0.3 is 14.8 Å². The number of nitriles is 1. The summed E-state index contributed by atoms with van der Waals surface area (Å²) in [7, 11) is 0. The number of nitrogens with one attached hydrogen (secondary N) is 1. The van der Waals surface area contributed by atoms with Crippen LogP contribution in [0.3, 0.4) is 0 Å². The fourth-order valence-corrected chi connectivity index (χ4v) is 1.42. The van der Waals surface area contributed by atoms with E-state index in [1.54, 1.807) is 31.2 Å². The lowest BCUT2D eigenvalue weighted by molar-refractivity contribution is -0.138. The second kappa shape index (κ2) is 4.58. The Labute approximate surface area is 98.3 Å². The van der Waals surface area contributed by atoms with E-state index in [0.717, 1.165) is 5.69 Å². The van der Waals surface area contributed by atoms with Gasteiger partial charge in [0, 0.05) is 0 Å². The van der Waals surface area contributed by atoms with Crippen molar-refractivity contribution in [2.24, 2.45) is 0 Å². The molecule has 1 aliphatic heterocycles. The zero-order valence-electron chi connectivity index (χ0n) is 9.19. The highest BCUT2D eigenvalue weighted by Crippen LogP contribution is 2.33. The lowest BCUT2D eigenvalue weighted by Gasteiger charge is -2.03. The Kier molecular flexibility index (Phi) is 2.97. The Bertz CT molecular complexity index is 502. The van der Waals surface area contributed by atoms with Gasteiger partial charge in [-0.2, -0.15) is 5.26 Å². The molecule has 0 aliphatic carbocycles. The highest BCUT2D eigenvalue weighted by atomic mass is 16.5. The highest BCUT2D eigenvalue weighted by Gasteiger charge is 2.24. The predicted octanol–water partition coefficient (Wildman–Crippen LogP) is 1.79. The number of para-hydroxylation sites is 2. The van der Waals surface area contributed by atoms with Crippen LogP contribution in [0, 0.1) is 11.3 Å². The minimum Gasteiger partial charge on any atom is -0.462 e. The normalized spacial score (nSPS) is 15.1. The summed E-state index contributed by atoms with van der Waals surface area (Å²) < 4.78 is 10.1. The molecule has 1 aromatic carbocycles. The molecular weight excluding hydrogens is 220 g/mol. The molecule has 1 aliphatic rings. The minimum absolute atomic E-state index is 0.118. The molecule has 1 N–H and O–H groups in total. The molecule has 17 heavy (non-hydrogen) atoms. The van der Waals surface area contributed by atoms with Gasteiger partial charge in [-0.1, -0.05) is 12.1 Å². The molecule has 0 amide bonds. The monoisotopic (exact) mass is 230 g/mol. The van der Waals surface area contributed by atoms with Gasteiger partial charge in [-0.25, -0.2) is 4.79 Å². The Morgan fingerprint density at radius 2 is 2.29 bits per heavy atom. The van der Waals surface area contributed by atoms with Crippen LogP contribution in [-0.2, 0) is 9.53 Å².